The molecule has 0 radical (unpaired) electrons. The van der Waals surface area contributed by atoms with Gasteiger partial charge in [0.25, 0.3) is 0 Å². The standard InChI is InChI=1S/C43H27NO2S/c45-43-35-15-5-10-20-41(35)47-42-27-29(23-26-36(42)43)28-21-24-30(25-22-28)44-37-16-6-1-11-31(37)33-13-3-8-18-39(33)46-40-19-9-4-14-34(40)32-12-2-7-17-38(32)44/h1-27H. The third kappa shape index (κ3) is 4.61. The molecule has 47 heavy (non-hydrogen) atoms. The number of nitrogens with zero attached hydrogens (tertiary/aromatic N) is 1. The van der Waals surface area contributed by atoms with Crippen LogP contribution in [0.3, 0.4) is 0 Å². The quantitative estimate of drug-likeness (QED) is 0.180. The molecule has 4 heteroatoms. The number of hydrogen-bond acceptors (Lipinski definition) is 4. The monoisotopic (exact) mass is 621 g/mol. The first kappa shape index (κ1) is 27.3. The summed E-state index contributed by atoms with van der Waals surface area (Å²) in [6.07, 6.45) is 0. The van der Waals surface area contributed by atoms with Crippen molar-refractivity contribution in [3.05, 3.63) is 174 Å². The lowest BCUT2D eigenvalue weighted by atomic mass is 9.96. The minimum atomic E-state index is 0.0888. The number of fused-ring (bicyclic) bond motifs is 8. The van der Waals surface area contributed by atoms with Gasteiger partial charge in [-0.2, -0.15) is 0 Å². The molecular formula is C43H27NO2S. The molecule has 0 saturated carbocycles. The van der Waals surface area contributed by atoms with Gasteiger partial charge in [0.2, 0.25) is 0 Å². The SMILES string of the molecule is O=c1c2ccccc2sc2cc(-c3ccc(N4c5ccccc5-c5ccccc5Oc5ccccc5-c5ccccc54)cc3)ccc12. The summed E-state index contributed by atoms with van der Waals surface area (Å²) < 4.78 is 8.66. The van der Waals surface area contributed by atoms with E-state index in [-0.39, 0.29) is 5.43 Å². The zero-order chi connectivity index (χ0) is 31.3. The van der Waals surface area contributed by atoms with Crippen molar-refractivity contribution in [1.82, 2.24) is 0 Å². The zero-order valence-electron chi connectivity index (χ0n) is 25.3. The average Bonchev–Trinajstić information content (AvgIpc) is 3.13. The van der Waals surface area contributed by atoms with Gasteiger partial charge in [0.05, 0.1) is 11.4 Å². The molecule has 2 heterocycles. The largest absolute Gasteiger partial charge is 0.456 e. The van der Waals surface area contributed by atoms with Crippen LogP contribution in [0.1, 0.15) is 0 Å². The lowest BCUT2D eigenvalue weighted by molar-refractivity contribution is 0.486. The highest BCUT2D eigenvalue weighted by Crippen LogP contribution is 2.50. The Balaban J connectivity index is 1.23. The molecule has 3 nitrogen and oxygen atoms in total. The molecule has 0 fully saturated rings. The summed E-state index contributed by atoms with van der Waals surface area (Å²) in [7, 11) is 0. The van der Waals surface area contributed by atoms with Gasteiger partial charge < -0.3 is 9.64 Å². The van der Waals surface area contributed by atoms with E-state index in [0.29, 0.717) is 0 Å². The normalized spacial score (nSPS) is 12.0. The minimum absolute atomic E-state index is 0.0888. The Labute approximate surface area is 276 Å². The number of hydrogen-bond donors (Lipinski definition) is 0. The maximum absolute atomic E-state index is 13.2. The molecule has 0 bridgehead atoms. The fourth-order valence-electron chi connectivity index (χ4n) is 6.66. The van der Waals surface area contributed by atoms with Crippen molar-refractivity contribution in [1.29, 1.82) is 0 Å². The van der Waals surface area contributed by atoms with Crippen molar-refractivity contribution in [3.63, 3.8) is 0 Å². The predicted octanol–water partition coefficient (Wildman–Crippen LogP) is 12.0. The topological polar surface area (TPSA) is 29.5 Å². The molecule has 0 amide bonds. The van der Waals surface area contributed by atoms with Crippen molar-refractivity contribution in [3.8, 4) is 44.9 Å². The van der Waals surface area contributed by atoms with Gasteiger partial charge in [0, 0.05) is 48.1 Å². The number of rotatable bonds is 2. The van der Waals surface area contributed by atoms with Crippen LogP contribution in [0, 0.1) is 0 Å². The Morgan fingerprint density at radius 3 is 1.62 bits per heavy atom. The zero-order valence-corrected chi connectivity index (χ0v) is 26.1. The van der Waals surface area contributed by atoms with E-state index >= 15 is 0 Å². The molecule has 0 N–H and O–H groups in total. The molecule has 0 spiro atoms. The Morgan fingerprint density at radius 2 is 0.957 bits per heavy atom. The Hall–Kier alpha value is -5.97. The van der Waals surface area contributed by atoms with Gasteiger partial charge >= 0.3 is 0 Å². The van der Waals surface area contributed by atoms with E-state index in [1.807, 2.05) is 54.6 Å². The van der Waals surface area contributed by atoms with Crippen LogP contribution in [-0.2, 0) is 0 Å². The van der Waals surface area contributed by atoms with E-state index in [1.165, 1.54) is 0 Å². The summed E-state index contributed by atoms with van der Waals surface area (Å²) in [4.78, 5) is 15.6. The number of anilines is 3. The Kier molecular flexibility index (Phi) is 6.47. The van der Waals surface area contributed by atoms with Crippen LogP contribution in [-0.4, -0.2) is 0 Å². The maximum atomic E-state index is 13.2. The summed E-state index contributed by atoms with van der Waals surface area (Å²) in [6, 6.07) is 56.3. The fraction of sp³-hybridized carbons (Fsp3) is 0. The smallest absolute Gasteiger partial charge is 0.195 e. The highest BCUT2D eigenvalue weighted by molar-refractivity contribution is 7.24. The third-order valence-corrected chi connectivity index (χ3v) is 10.0. The van der Waals surface area contributed by atoms with Crippen LogP contribution in [0.15, 0.2) is 169 Å². The first-order valence-electron chi connectivity index (χ1n) is 15.6. The molecule has 1 aliphatic rings. The Morgan fingerprint density at radius 1 is 0.447 bits per heavy atom. The second kappa shape index (κ2) is 11.1. The molecule has 0 saturated heterocycles. The first-order chi connectivity index (χ1) is 23.2. The van der Waals surface area contributed by atoms with E-state index in [1.54, 1.807) is 11.3 Å². The van der Waals surface area contributed by atoms with Crippen molar-refractivity contribution >= 4 is 48.6 Å². The first-order valence-corrected chi connectivity index (χ1v) is 16.5. The lowest BCUT2D eigenvalue weighted by Crippen LogP contribution is -2.13. The number of ether oxygens (including phenoxy) is 1. The van der Waals surface area contributed by atoms with Crippen molar-refractivity contribution in [2.45, 2.75) is 0 Å². The van der Waals surface area contributed by atoms with Gasteiger partial charge in [-0.25, -0.2) is 0 Å². The van der Waals surface area contributed by atoms with Crippen molar-refractivity contribution in [2.24, 2.45) is 0 Å². The summed E-state index contributed by atoms with van der Waals surface area (Å²) in [5, 5.41) is 1.54. The van der Waals surface area contributed by atoms with Crippen LogP contribution < -0.4 is 15.1 Å². The molecule has 8 aromatic rings. The summed E-state index contributed by atoms with van der Waals surface area (Å²) in [5.41, 5.74) is 9.65. The highest BCUT2D eigenvalue weighted by Gasteiger charge is 2.24. The van der Waals surface area contributed by atoms with Crippen LogP contribution in [0.2, 0.25) is 0 Å². The molecule has 0 atom stereocenters. The molecule has 0 aliphatic carbocycles. The van der Waals surface area contributed by atoms with Gasteiger partial charge in [-0.1, -0.05) is 103 Å². The average molecular weight is 622 g/mol. The summed E-state index contributed by atoms with van der Waals surface area (Å²) in [6.45, 7) is 0. The number of para-hydroxylation sites is 4. The minimum Gasteiger partial charge on any atom is -0.456 e. The third-order valence-electron chi connectivity index (χ3n) is 8.90. The van der Waals surface area contributed by atoms with E-state index in [2.05, 4.69) is 114 Å². The number of benzene rings is 7. The predicted molar refractivity (Wildman–Crippen MR) is 197 cm³/mol. The summed E-state index contributed by atoms with van der Waals surface area (Å²) in [5.74, 6) is 1.63. The van der Waals surface area contributed by atoms with Crippen LogP contribution in [0.4, 0.5) is 17.1 Å². The maximum Gasteiger partial charge on any atom is 0.195 e. The molecule has 1 aromatic heterocycles. The van der Waals surface area contributed by atoms with Crippen LogP contribution in [0.25, 0.3) is 53.6 Å². The van der Waals surface area contributed by atoms with Gasteiger partial charge in [-0.05, 0) is 71.8 Å². The van der Waals surface area contributed by atoms with Gasteiger partial charge in [0.1, 0.15) is 11.5 Å². The van der Waals surface area contributed by atoms with Crippen molar-refractivity contribution < 1.29 is 4.74 Å². The van der Waals surface area contributed by atoms with Gasteiger partial charge in [-0.15, -0.1) is 11.3 Å². The van der Waals surface area contributed by atoms with Crippen LogP contribution >= 0.6 is 11.3 Å². The molecule has 1 aliphatic heterocycles. The van der Waals surface area contributed by atoms with E-state index in [0.717, 1.165) is 82.1 Å². The fourth-order valence-corrected chi connectivity index (χ4v) is 7.77. The van der Waals surface area contributed by atoms with Crippen LogP contribution in [0.5, 0.6) is 11.5 Å². The van der Waals surface area contributed by atoms with E-state index in [9.17, 15) is 4.79 Å². The van der Waals surface area contributed by atoms with E-state index in [4.69, 9.17) is 4.74 Å². The molecular weight excluding hydrogens is 595 g/mol. The molecule has 222 valence electrons. The second-order valence-electron chi connectivity index (χ2n) is 11.6. The van der Waals surface area contributed by atoms with E-state index < -0.39 is 0 Å². The highest BCUT2D eigenvalue weighted by atomic mass is 32.1. The lowest BCUT2D eigenvalue weighted by Gasteiger charge is -2.31. The Bertz CT molecular complexity index is 2440. The molecule has 0 unspecified atom stereocenters. The van der Waals surface area contributed by atoms with Gasteiger partial charge in [-0.3, -0.25) is 4.79 Å². The second-order valence-corrected chi connectivity index (χ2v) is 12.7. The molecule has 9 rings (SSSR count). The molecule has 7 aromatic carbocycles. The van der Waals surface area contributed by atoms with Crippen molar-refractivity contribution in [2.75, 3.05) is 4.90 Å². The summed E-state index contributed by atoms with van der Waals surface area (Å²) >= 11 is 1.66. The van der Waals surface area contributed by atoms with Gasteiger partial charge in [0.15, 0.2) is 5.43 Å².